The van der Waals surface area contributed by atoms with Gasteiger partial charge in [0, 0.05) is 5.56 Å². The Morgan fingerprint density at radius 3 is 2.33 bits per heavy atom. The largest absolute Gasteiger partial charge is 0.290 e. The second-order valence-corrected chi connectivity index (χ2v) is 5.40. The van der Waals surface area contributed by atoms with Gasteiger partial charge in [0.05, 0.1) is 6.04 Å². The van der Waals surface area contributed by atoms with Crippen molar-refractivity contribution in [1.82, 2.24) is 14.8 Å². The van der Waals surface area contributed by atoms with Crippen LogP contribution in [0.3, 0.4) is 0 Å². The summed E-state index contributed by atoms with van der Waals surface area (Å²) in [6.45, 7) is 4.22. The molecule has 0 saturated heterocycles. The molecule has 0 radical (unpaired) electrons. The molecule has 21 heavy (non-hydrogen) atoms. The molecular weight excluding hydrogens is 282 g/mol. The van der Waals surface area contributed by atoms with Crippen molar-refractivity contribution in [3.8, 4) is 11.4 Å². The SMILES string of the molecule is Cc1ccccc1C(C)n1c(Cl)nnc1-c1ccccc1. The molecule has 0 amide bonds. The summed E-state index contributed by atoms with van der Waals surface area (Å²) in [4.78, 5) is 0. The van der Waals surface area contributed by atoms with Crippen molar-refractivity contribution >= 4 is 11.6 Å². The summed E-state index contributed by atoms with van der Waals surface area (Å²) in [5, 5.41) is 8.70. The lowest BCUT2D eigenvalue weighted by Gasteiger charge is -2.19. The molecule has 0 aliphatic rings. The molecule has 0 saturated carbocycles. The third-order valence-electron chi connectivity index (χ3n) is 3.71. The summed E-state index contributed by atoms with van der Waals surface area (Å²) in [5.41, 5.74) is 3.46. The Bertz CT molecular complexity index is 750. The van der Waals surface area contributed by atoms with Gasteiger partial charge in [0.1, 0.15) is 0 Å². The van der Waals surface area contributed by atoms with E-state index in [1.54, 1.807) is 0 Å². The van der Waals surface area contributed by atoms with Crippen molar-refractivity contribution in [2.24, 2.45) is 0 Å². The molecule has 3 rings (SSSR count). The van der Waals surface area contributed by atoms with E-state index in [0.29, 0.717) is 5.28 Å². The van der Waals surface area contributed by atoms with Crippen molar-refractivity contribution in [3.63, 3.8) is 0 Å². The van der Waals surface area contributed by atoms with Gasteiger partial charge in [-0.05, 0) is 36.6 Å². The van der Waals surface area contributed by atoms with Gasteiger partial charge < -0.3 is 0 Å². The van der Waals surface area contributed by atoms with Gasteiger partial charge in [-0.3, -0.25) is 4.57 Å². The Morgan fingerprint density at radius 2 is 1.62 bits per heavy atom. The number of benzene rings is 2. The number of nitrogens with zero attached hydrogens (tertiary/aromatic N) is 3. The second kappa shape index (κ2) is 5.70. The summed E-state index contributed by atoms with van der Waals surface area (Å²) < 4.78 is 1.97. The molecule has 0 fully saturated rings. The third-order valence-corrected chi connectivity index (χ3v) is 3.97. The minimum atomic E-state index is 0.0731. The molecule has 0 aliphatic carbocycles. The highest BCUT2D eigenvalue weighted by Gasteiger charge is 2.19. The maximum absolute atomic E-state index is 6.28. The Hall–Kier alpha value is -2.13. The molecule has 106 valence electrons. The summed E-state index contributed by atoms with van der Waals surface area (Å²) in [6.07, 6.45) is 0. The first kappa shape index (κ1) is 13.8. The van der Waals surface area contributed by atoms with Crippen LogP contribution in [0.5, 0.6) is 0 Å². The van der Waals surface area contributed by atoms with Crippen LogP contribution in [0.15, 0.2) is 54.6 Å². The van der Waals surface area contributed by atoms with Crippen molar-refractivity contribution in [2.45, 2.75) is 19.9 Å². The average Bonchev–Trinajstić information content (AvgIpc) is 2.90. The molecule has 1 aromatic heterocycles. The lowest BCUT2D eigenvalue weighted by atomic mass is 10.0. The van der Waals surface area contributed by atoms with E-state index in [-0.39, 0.29) is 6.04 Å². The number of hydrogen-bond acceptors (Lipinski definition) is 2. The maximum atomic E-state index is 6.28. The Balaban J connectivity index is 2.11. The van der Waals surface area contributed by atoms with Crippen LogP contribution >= 0.6 is 11.6 Å². The predicted octanol–water partition coefficient (Wildman–Crippen LogP) is 4.52. The zero-order chi connectivity index (χ0) is 14.8. The van der Waals surface area contributed by atoms with Crippen LogP contribution in [0, 0.1) is 6.92 Å². The maximum Gasteiger partial charge on any atom is 0.225 e. The fraction of sp³-hybridized carbons (Fsp3) is 0.176. The predicted molar refractivity (Wildman–Crippen MR) is 85.5 cm³/mol. The van der Waals surface area contributed by atoms with Gasteiger partial charge in [0.15, 0.2) is 5.82 Å². The highest BCUT2D eigenvalue weighted by molar-refractivity contribution is 6.28. The van der Waals surface area contributed by atoms with Crippen LogP contribution in [0.2, 0.25) is 5.28 Å². The van der Waals surface area contributed by atoms with Crippen molar-refractivity contribution in [2.75, 3.05) is 0 Å². The number of aryl methyl sites for hydroxylation is 1. The standard InChI is InChI=1S/C17H16ClN3/c1-12-8-6-7-11-15(12)13(2)21-16(19-20-17(21)18)14-9-4-3-5-10-14/h3-11,13H,1-2H3. The van der Waals surface area contributed by atoms with E-state index in [2.05, 4.69) is 36.2 Å². The van der Waals surface area contributed by atoms with Crippen LogP contribution < -0.4 is 0 Å². The Morgan fingerprint density at radius 1 is 0.952 bits per heavy atom. The first-order valence-electron chi connectivity index (χ1n) is 6.90. The molecule has 0 spiro atoms. The summed E-state index contributed by atoms with van der Waals surface area (Å²) in [6, 6.07) is 18.4. The smallest absolute Gasteiger partial charge is 0.225 e. The normalized spacial score (nSPS) is 12.3. The van der Waals surface area contributed by atoms with Gasteiger partial charge in [-0.25, -0.2) is 0 Å². The fourth-order valence-electron chi connectivity index (χ4n) is 2.59. The molecule has 0 aliphatic heterocycles. The number of hydrogen-bond donors (Lipinski definition) is 0. The van der Waals surface area contributed by atoms with E-state index >= 15 is 0 Å². The topological polar surface area (TPSA) is 30.7 Å². The molecule has 0 bridgehead atoms. The van der Waals surface area contributed by atoms with Gasteiger partial charge in [-0.15, -0.1) is 10.2 Å². The van der Waals surface area contributed by atoms with Gasteiger partial charge in [0.25, 0.3) is 0 Å². The average molecular weight is 298 g/mol. The first-order chi connectivity index (χ1) is 10.2. The van der Waals surface area contributed by atoms with Crippen molar-refractivity contribution < 1.29 is 0 Å². The van der Waals surface area contributed by atoms with E-state index < -0.39 is 0 Å². The van der Waals surface area contributed by atoms with E-state index in [4.69, 9.17) is 11.6 Å². The molecular formula is C17H16ClN3. The van der Waals surface area contributed by atoms with E-state index in [0.717, 1.165) is 11.4 Å². The lowest BCUT2D eigenvalue weighted by molar-refractivity contribution is 0.640. The number of aromatic nitrogens is 3. The minimum Gasteiger partial charge on any atom is -0.290 e. The Kier molecular flexibility index (Phi) is 3.76. The van der Waals surface area contributed by atoms with Crippen LogP contribution in [0.1, 0.15) is 24.1 Å². The summed E-state index contributed by atoms with van der Waals surface area (Å²) in [7, 11) is 0. The van der Waals surface area contributed by atoms with Gasteiger partial charge >= 0.3 is 0 Å². The third kappa shape index (κ3) is 2.57. The van der Waals surface area contributed by atoms with Gasteiger partial charge in [0.2, 0.25) is 5.28 Å². The van der Waals surface area contributed by atoms with Gasteiger partial charge in [-0.2, -0.15) is 0 Å². The van der Waals surface area contributed by atoms with E-state index in [1.807, 2.05) is 47.0 Å². The monoisotopic (exact) mass is 297 g/mol. The van der Waals surface area contributed by atoms with Crippen LogP contribution in [-0.2, 0) is 0 Å². The minimum absolute atomic E-state index is 0.0731. The number of halogens is 1. The van der Waals surface area contributed by atoms with E-state index in [9.17, 15) is 0 Å². The highest BCUT2D eigenvalue weighted by Crippen LogP contribution is 2.29. The fourth-order valence-corrected chi connectivity index (χ4v) is 2.86. The quantitative estimate of drug-likeness (QED) is 0.712. The zero-order valence-electron chi connectivity index (χ0n) is 12.0. The lowest BCUT2D eigenvalue weighted by Crippen LogP contribution is -2.10. The molecule has 0 N–H and O–H groups in total. The summed E-state index contributed by atoms with van der Waals surface area (Å²) in [5.74, 6) is 0.788. The highest BCUT2D eigenvalue weighted by atomic mass is 35.5. The Labute approximate surface area is 129 Å². The zero-order valence-corrected chi connectivity index (χ0v) is 12.7. The molecule has 1 unspecified atom stereocenters. The van der Waals surface area contributed by atoms with Crippen molar-refractivity contribution in [1.29, 1.82) is 0 Å². The van der Waals surface area contributed by atoms with Crippen LogP contribution in [-0.4, -0.2) is 14.8 Å². The van der Waals surface area contributed by atoms with Crippen molar-refractivity contribution in [3.05, 3.63) is 71.0 Å². The van der Waals surface area contributed by atoms with E-state index in [1.165, 1.54) is 11.1 Å². The molecule has 1 atom stereocenters. The molecule has 4 heteroatoms. The van der Waals surface area contributed by atoms with Crippen LogP contribution in [0.25, 0.3) is 11.4 Å². The molecule has 2 aromatic carbocycles. The summed E-state index contributed by atoms with van der Waals surface area (Å²) >= 11 is 6.28. The second-order valence-electron chi connectivity index (χ2n) is 5.06. The number of rotatable bonds is 3. The molecule has 3 nitrogen and oxygen atoms in total. The van der Waals surface area contributed by atoms with Crippen LogP contribution in [0.4, 0.5) is 0 Å². The molecule has 3 aromatic rings. The molecule has 1 heterocycles. The first-order valence-corrected chi connectivity index (χ1v) is 7.27. The van der Waals surface area contributed by atoms with Gasteiger partial charge in [-0.1, -0.05) is 54.6 Å².